The number of carboxylic acid groups (broad SMARTS) is 1. The number of carbonyl (C=O) groups is 1. The fraction of sp³-hybridized carbons (Fsp3) is 0.267. The predicted octanol–water partition coefficient (Wildman–Crippen LogP) is 1.52. The highest BCUT2D eigenvalue weighted by Gasteiger charge is 2.33. The zero-order chi connectivity index (χ0) is 15.7. The number of nitrogen functional groups attached to an aromatic ring is 1. The summed E-state index contributed by atoms with van der Waals surface area (Å²) in [5.74, 6) is 0.938. The number of benzene rings is 1. The van der Waals surface area contributed by atoms with Crippen LogP contribution in [0.5, 0.6) is 0 Å². The molecule has 2 aromatic rings. The van der Waals surface area contributed by atoms with Crippen molar-refractivity contribution in [3.8, 4) is 11.3 Å². The van der Waals surface area contributed by atoms with Crippen LogP contribution in [0.15, 0.2) is 36.4 Å². The molecule has 1 amide bonds. The van der Waals surface area contributed by atoms with Gasteiger partial charge in [0, 0.05) is 31.8 Å². The highest BCUT2D eigenvalue weighted by molar-refractivity contribution is 5.67. The fourth-order valence-corrected chi connectivity index (χ4v) is 2.41. The maximum atomic E-state index is 10.9. The van der Waals surface area contributed by atoms with Crippen molar-refractivity contribution in [2.45, 2.75) is 6.04 Å². The van der Waals surface area contributed by atoms with Gasteiger partial charge in [0.25, 0.3) is 0 Å². The standard InChI is InChI=1S/C15H17N5O2/c1-19(15(21)22)11-8-20(9-11)13-7-12(17-14(16)18-13)10-5-3-2-4-6-10/h2-7,11H,8-9H2,1H3,(H,21,22)(H2,16,17,18). The molecule has 114 valence electrons. The molecule has 0 aliphatic carbocycles. The van der Waals surface area contributed by atoms with Crippen molar-refractivity contribution >= 4 is 17.9 Å². The van der Waals surface area contributed by atoms with Gasteiger partial charge in [0.05, 0.1) is 11.7 Å². The summed E-state index contributed by atoms with van der Waals surface area (Å²) in [6.07, 6.45) is -0.920. The molecule has 1 aliphatic heterocycles. The van der Waals surface area contributed by atoms with Crippen LogP contribution < -0.4 is 10.6 Å². The van der Waals surface area contributed by atoms with Crippen LogP contribution in [0.1, 0.15) is 0 Å². The van der Waals surface area contributed by atoms with E-state index in [1.165, 1.54) is 4.90 Å². The van der Waals surface area contributed by atoms with Gasteiger partial charge in [-0.3, -0.25) is 0 Å². The van der Waals surface area contributed by atoms with E-state index in [0.29, 0.717) is 13.1 Å². The number of rotatable bonds is 3. The summed E-state index contributed by atoms with van der Waals surface area (Å²) in [6.45, 7) is 1.21. The topological polar surface area (TPSA) is 95.6 Å². The number of amides is 1. The van der Waals surface area contributed by atoms with Crippen LogP contribution >= 0.6 is 0 Å². The van der Waals surface area contributed by atoms with E-state index in [2.05, 4.69) is 9.97 Å². The first kappa shape index (κ1) is 14.1. The van der Waals surface area contributed by atoms with Crippen LogP contribution in [0.4, 0.5) is 16.6 Å². The second-order valence-electron chi connectivity index (χ2n) is 5.29. The number of hydrogen-bond donors (Lipinski definition) is 2. The minimum absolute atomic E-state index is 0.0196. The van der Waals surface area contributed by atoms with Crippen molar-refractivity contribution in [3.63, 3.8) is 0 Å². The molecule has 22 heavy (non-hydrogen) atoms. The number of nitrogens with two attached hydrogens (primary N) is 1. The molecule has 1 aliphatic rings. The van der Waals surface area contributed by atoms with Crippen LogP contribution in [0.25, 0.3) is 11.3 Å². The van der Waals surface area contributed by atoms with E-state index in [-0.39, 0.29) is 12.0 Å². The Morgan fingerprint density at radius 2 is 2.00 bits per heavy atom. The third-order valence-electron chi connectivity index (χ3n) is 3.84. The van der Waals surface area contributed by atoms with Gasteiger partial charge >= 0.3 is 6.09 Å². The summed E-state index contributed by atoms with van der Waals surface area (Å²) in [7, 11) is 1.58. The fourth-order valence-electron chi connectivity index (χ4n) is 2.41. The maximum absolute atomic E-state index is 10.9. The maximum Gasteiger partial charge on any atom is 0.407 e. The van der Waals surface area contributed by atoms with Gasteiger partial charge in [0.1, 0.15) is 5.82 Å². The zero-order valence-electron chi connectivity index (χ0n) is 12.2. The normalized spacial score (nSPS) is 14.5. The third-order valence-corrected chi connectivity index (χ3v) is 3.84. The van der Waals surface area contributed by atoms with Crippen molar-refractivity contribution < 1.29 is 9.90 Å². The molecule has 0 unspecified atom stereocenters. The molecular weight excluding hydrogens is 282 g/mol. The smallest absolute Gasteiger partial charge is 0.407 e. The summed E-state index contributed by atoms with van der Waals surface area (Å²) in [5.41, 5.74) is 7.53. The molecule has 0 radical (unpaired) electrons. The van der Waals surface area contributed by atoms with Gasteiger partial charge < -0.3 is 20.6 Å². The molecule has 7 heteroatoms. The SMILES string of the molecule is CN(C(=O)O)C1CN(c2cc(-c3ccccc3)nc(N)n2)C1. The van der Waals surface area contributed by atoms with Crippen LogP contribution in [0.3, 0.4) is 0 Å². The second-order valence-corrected chi connectivity index (χ2v) is 5.29. The van der Waals surface area contributed by atoms with Crippen molar-refractivity contribution in [2.75, 3.05) is 30.8 Å². The summed E-state index contributed by atoms with van der Waals surface area (Å²) in [6, 6.07) is 11.6. The monoisotopic (exact) mass is 299 g/mol. The van der Waals surface area contributed by atoms with Gasteiger partial charge in [-0.05, 0) is 0 Å². The van der Waals surface area contributed by atoms with E-state index >= 15 is 0 Å². The lowest BCUT2D eigenvalue weighted by Crippen LogP contribution is -2.59. The summed E-state index contributed by atoms with van der Waals surface area (Å²) in [5, 5.41) is 8.97. The van der Waals surface area contributed by atoms with E-state index in [1.54, 1.807) is 7.05 Å². The quantitative estimate of drug-likeness (QED) is 0.892. The third kappa shape index (κ3) is 2.65. The van der Waals surface area contributed by atoms with E-state index in [0.717, 1.165) is 17.1 Å². The molecule has 3 rings (SSSR count). The van der Waals surface area contributed by atoms with Gasteiger partial charge in [-0.25, -0.2) is 9.78 Å². The summed E-state index contributed by atoms with van der Waals surface area (Å²) >= 11 is 0. The van der Waals surface area contributed by atoms with E-state index in [1.807, 2.05) is 41.3 Å². The van der Waals surface area contributed by atoms with Gasteiger partial charge in [-0.2, -0.15) is 4.98 Å². The first-order chi connectivity index (χ1) is 10.5. The zero-order valence-corrected chi connectivity index (χ0v) is 12.2. The molecule has 2 heterocycles. The molecule has 1 saturated heterocycles. The first-order valence-electron chi connectivity index (χ1n) is 6.95. The Labute approximate surface area is 128 Å². The van der Waals surface area contributed by atoms with Crippen molar-refractivity contribution in [1.82, 2.24) is 14.9 Å². The summed E-state index contributed by atoms with van der Waals surface area (Å²) < 4.78 is 0. The van der Waals surface area contributed by atoms with Gasteiger partial charge in [0.2, 0.25) is 5.95 Å². The minimum Gasteiger partial charge on any atom is -0.465 e. The van der Waals surface area contributed by atoms with E-state index < -0.39 is 6.09 Å². The second kappa shape index (κ2) is 5.51. The number of hydrogen-bond acceptors (Lipinski definition) is 5. The lowest BCUT2D eigenvalue weighted by Gasteiger charge is -2.43. The lowest BCUT2D eigenvalue weighted by atomic mass is 10.1. The molecule has 1 fully saturated rings. The highest BCUT2D eigenvalue weighted by Crippen LogP contribution is 2.26. The number of likely N-dealkylation sites (N-methyl/N-ethyl adjacent to an activating group) is 1. The molecule has 0 saturated carbocycles. The molecule has 3 N–H and O–H groups in total. The van der Waals surface area contributed by atoms with Gasteiger partial charge in [-0.1, -0.05) is 30.3 Å². The first-order valence-corrected chi connectivity index (χ1v) is 6.95. The van der Waals surface area contributed by atoms with Crippen LogP contribution in [0, 0.1) is 0 Å². The van der Waals surface area contributed by atoms with Gasteiger partial charge in [0.15, 0.2) is 0 Å². The molecule has 0 bridgehead atoms. The van der Waals surface area contributed by atoms with Crippen molar-refractivity contribution in [3.05, 3.63) is 36.4 Å². The van der Waals surface area contributed by atoms with Gasteiger partial charge in [-0.15, -0.1) is 0 Å². The van der Waals surface area contributed by atoms with Crippen LogP contribution in [0.2, 0.25) is 0 Å². The molecule has 1 aromatic carbocycles. The average molecular weight is 299 g/mol. The van der Waals surface area contributed by atoms with Crippen LogP contribution in [-0.2, 0) is 0 Å². The molecule has 7 nitrogen and oxygen atoms in total. The predicted molar refractivity (Wildman–Crippen MR) is 83.7 cm³/mol. The highest BCUT2D eigenvalue weighted by atomic mass is 16.4. The Morgan fingerprint density at radius 1 is 1.32 bits per heavy atom. The average Bonchev–Trinajstić information content (AvgIpc) is 2.46. The number of aromatic nitrogens is 2. The Hall–Kier alpha value is -2.83. The number of nitrogens with zero attached hydrogens (tertiary/aromatic N) is 4. The summed E-state index contributed by atoms with van der Waals surface area (Å²) in [4.78, 5) is 22.8. The van der Waals surface area contributed by atoms with E-state index in [4.69, 9.17) is 10.8 Å². The van der Waals surface area contributed by atoms with E-state index in [9.17, 15) is 4.79 Å². The van der Waals surface area contributed by atoms with Crippen molar-refractivity contribution in [1.29, 1.82) is 0 Å². The molecular formula is C15H17N5O2. The molecule has 1 aromatic heterocycles. The Bertz CT molecular complexity index is 686. The lowest BCUT2D eigenvalue weighted by molar-refractivity contribution is 0.129. The Kier molecular flexibility index (Phi) is 3.54. The minimum atomic E-state index is -0.920. The Morgan fingerprint density at radius 3 is 2.64 bits per heavy atom. The number of anilines is 2. The largest absolute Gasteiger partial charge is 0.465 e. The molecule has 0 spiro atoms. The Balaban J connectivity index is 1.79. The van der Waals surface area contributed by atoms with Crippen LogP contribution in [-0.4, -0.2) is 52.2 Å². The molecule has 0 atom stereocenters. The van der Waals surface area contributed by atoms with Crippen molar-refractivity contribution in [2.24, 2.45) is 0 Å².